The molecule has 0 aliphatic carbocycles. The van der Waals surface area contributed by atoms with Crippen LogP contribution in [0, 0.1) is 11.6 Å². The van der Waals surface area contributed by atoms with E-state index in [1.165, 1.54) is 18.2 Å². The van der Waals surface area contributed by atoms with Crippen LogP contribution in [-0.4, -0.2) is 10.2 Å². The second kappa shape index (κ2) is 3.10. The van der Waals surface area contributed by atoms with Crippen molar-refractivity contribution in [1.29, 1.82) is 0 Å². The second-order valence-corrected chi connectivity index (χ2v) is 2.86. The van der Waals surface area contributed by atoms with Crippen LogP contribution in [0.5, 0.6) is 0 Å². The summed E-state index contributed by atoms with van der Waals surface area (Å²) in [5, 5.41) is 6.23. The van der Waals surface area contributed by atoms with E-state index in [0.29, 0.717) is 11.3 Å². The number of hydrogen-bond acceptors (Lipinski definition) is 2. The van der Waals surface area contributed by atoms with Crippen LogP contribution < -0.4 is 5.73 Å². The molecular weight excluding hydrogens is 188 g/mol. The van der Waals surface area contributed by atoms with Crippen LogP contribution in [-0.2, 0) is 0 Å². The zero-order valence-corrected chi connectivity index (χ0v) is 7.09. The Bertz CT molecular complexity index is 445. The highest BCUT2D eigenvalue weighted by atomic mass is 19.1. The van der Waals surface area contributed by atoms with E-state index in [1.807, 2.05) is 0 Å². The molecule has 1 aromatic heterocycles. The molecule has 1 aromatic carbocycles. The van der Waals surface area contributed by atoms with Crippen LogP contribution in [0.3, 0.4) is 0 Å². The molecule has 14 heavy (non-hydrogen) atoms. The molecule has 5 heteroatoms. The van der Waals surface area contributed by atoms with Gasteiger partial charge in [-0.1, -0.05) is 0 Å². The lowest BCUT2D eigenvalue weighted by molar-refractivity contribution is 0.584. The number of aromatic nitrogens is 2. The van der Waals surface area contributed by atoms with Crippen molar-refractivity contribution in [3.05, 3.63) is 35.9 Å². The lowest BCUT2D eigenvalue weighted by atomic mass is 10.1. The third-order valence-corrected chi connectivity index (χ3v) is 1.77. The van der Waals surface area contributed by atoms with Crippen LogP contribution in [0.15, 0.2) is 24.3 Å². The molecule has 2 rings (SSSR count). The predicted molar refractivity (Wildman–Crippen MR) is 48.4 cm³/mol. The lowest BCUT2D eigenvalue weighted by Gasteiger charge is -1.97. The van der Waals surface area contributed by atoms with E-state index < -0.39 is 11.6 Å². The van der Waals surface area contributed by atoms with Crippen LogP contribution >= 0.6 is 0 Å². The fraction of sp³-hybridized carbons (Fsp3) is 0. The van der Waals surface area contributed by atoms with Crippen molar-refractivity contribution < 1.29 is 8.78 Å². The molecule has 0 unspecified atom stereocenters. The van der Waals surface area contributed by atoms with Crippen molar-refractivity contribution >= 4 is 5.82 Å². The standard InChI is InChI=1S/C9H7F2N3/c10-6-1-5(2-7(11)3-6)8-4-9(12)14-13-8/h1-4H,(H3,12,13,14). The Hall–Kier alpha value is -1.91. The van der Waals surface area contributed by atoms with Crippen LogP contribution in [0.2, 0.25) is 0 Å². The normalized spacial score (nSPS) is 10.4. The van der Waals surface area contributed by atoms with Gasteiger partial charge in [-0.3, -0.25) is 5.10 Å². The fourth-order valence-corrected chi connectivity index (χ4v) is 1.19. The smallest absolute Gasteiger partial charge is 0.145 e. The van der Waals surface area contributed by atoms with E-state index >= 15 is 0 Å². The van der Waals surface area contributed by atoms with Crippen LogP contribution in [0.25, 0.3) is 11.3 Å². The third kappa shape index (κ3) is 1.56. The Morgan fingerprint density at radius 1 is 1.07 bits per heavy atom. The summed E-state index contributed by atoms with van der Waals surface area (Å²) in [7, 11) is 0. The first-order valence-corrected chi connectivity index (χ1v) is 3.92. The lowest BCUT2D eigenvalue weighted by Crippen LogP contribution is -1.84. The van der Waals surface area contributed by atoms with Gasteiger partial charge in [-0.2, -0.15) is 5.10 Å². The zero-order valence-electron chi connectivity index (χ0n) is 7.09. The molecule has 0 bridgehead atoms. The highest BCUT2D eigenvalue weighted by Crippen LogP contribution is 2.20. The average Bonchev–Trinajstić information content (AvgIpc) is 2.50. The average molecular weight is 195 g/mol. The second-order valence-electron chi connectivity index (χ2n) is 2.86. The van der Waals surface area contributed by atoms with Gasteiger partial charge >= 0.3 is 0 Å². The van der Waals surface area contributed by atoms with E-state index in [0.717, 1.165) is 6.07 Å². The van der Waals surface area contributed by atoms with Gasteiger partial charge in [-0.05, 0) is 12.1 Å². The Morgan fingerprint density at radius 3 is 2.21 bits per heavy atom. The predicted octanol–water partition coefficient (Wildman–Crippen LogP) is 1.94. The Labute approximate surface area is 78.6 Å². The molecule has 0 aliphatic heterocycles. The maximum absolute atomic E-state index is 12.8. The van der Waals surface area contributed by atoms with Crippen molar-refractivity contribution in [2.45, 2.75) is 0 Å². The highest BCUT2D eigenvalue weighted by Gasteiger charge is 2.05. The van der Waals surface area contributed by atoms with E-state index in [1.54, 1.807) is 0 Å². The number of nitrogens with zero attached hydrogens (tertiary/aromatic N) is 1. The molecule has 0 spiro atoms. The number of nitrogens with two attached hydrogens (primary N) is 1. The SMILES string of the molecule is Nc1cc(-c2cc(F)cc(F)c2)[nH]n1. The maximum atomic E-state index is 12.8. The molecule has 0 fully saturated rings. The summed E-state index contributed by atoms with van der Waals surface area (Å²) in [5.74, 6) is -0.981. The summed E-state index contributed by atoms with van der Waals surface area (Å²) >= 11 is 0. The minimum absolute atomic E-state index is 0.282. The minimum atomic E-state index is -0.631. The van der Waals surface area contributed by atoms with E-state index in [2.05, 4.69) is 10.2 Å². The number of H-pyrrole nitrogens is 1. The van der Waals surface area contributed by atoms with E-state index in [9.17, 15) is 8.78 Å². The zero-order chi connectivity index (χ0) is 10.1. The molecule has 2 aromatic rings. The summed E-state index contributed by atoms with van der Waals surface area (Å²) < 4.78 is 25.6. The number of nitrogens with one attached hydrogen (secondary N) is 1. The summed E-state index contributed by atoms with van der Waals surface area (Å²) in [6, 6.07) is 4.73. The minimum Gasteiger partial charge on any atom is -0.382 e. The van der Waals surface area contributed by atoms with Gasteiger partial charge in [0.25, 0.3) is 0 Å². The number of halogens is 2. The number of hydrogen-bond donors (Lipinski definition) is 2. The number of anilines is 1. The number of aromatic amines is 1. The molecule has 0 amide bonds. The topological polar surface area (TPSA) is 54.7 Å². The molecule has 0 aliphatic rings. The van der Waals surface area contributed by atoms with Gasteiger partial charge in [0, 0.05) is 17.7 Å². The number of nitrogen functional groups attached to an aromatic ring is 1. The Morgan fingerprint density at radius 2 is 1.71 bits per heavy atom. The van der Waals surface area contributed by atoms with Gasteiger partial charge in [0.2, 0.25) is 0 Å². The van der Waals surface area contributed by atoms with Gasteiger partial charge in [0.1, 0.15) is 17.5 Å². The van der Waals surface area contributed by atoms with Gasteiger partial charge < -0.3 is 5.73 Å². The number of benzene rings is 1. The quantitative estimate of drug-likeness (QED) is 0.730. The highest BCUT2D eigenvalue weighted by molar-refractivity contribution is 5.61. The van der Waals surface area contributed by atoms with Crippen molar-refractivity contribution in [3.63, 3.8) is 0 Å². The van der Waals surface area contributed by atoms with Crippen molar-refractivity contribution in [1.82, 2.24) is 10.2 Å². The summed E-state index contributed by atoms with van der Waals surface area (Å²) in [6.45, 7) is 0. The first-order valence-electron chi connectivity index (χ1n) is 3.92. The third-order valence-electron chi connectivity index (χ3n) is 1.77. The molecular formula is C9H7F2N3. The van der Waals surface area contributed by atoms with E-state index in [-0.39, 0.29) is 5.82 Å². The first kappa shape index (κ1) is 8.68. The Kier molecular flexibility index (Phi) is 1.92. The van der Waals surface area contributed by atoms with Crippen molar-refractivity contribution in [3.8, 4) is 11.3 Å². The first-order chi connectivity index (χ1) is 6.65. The largest absolute Gasteiger partial charge is 0.382 e. The summed E-state index contributed by atoms with van der Waals surface area (Å²) in [5.41, 5.74) is 6.23. The fourth-order valence-electron chi connectivity index (χ4n) is 1.19. The molecule has 0 radical (unpaired) electrons. The van der Waals surface area contributed by atoms with Crippen molar-refractivity contribution in [2.24, 2.45) is 0 Å². The molecule has 1 heterocycles. The Balaban J connectivity index is 2.51. The molecule has 3 nitrogen and oxygen atoms in total. The molecule has 3 N–H and O–H groups in total. The van der Waals surface area contributed by atoms with E-state index in [4.69, 9.17) is 5.73 Å². The molecule has 0 saturated carbocycles. The van der Waals surface area contributed by atoms with Crippen LogP contribution in [0.1, 0.15) is 0 Å². The van der Waals surface area contributed by atoms with Gasteiger partial charge in [-0.25, -0.2) is 8.78 Å². The molecule has 0 saturated heterocycles. The monoisotopic (exact) mass is 195 g/mol. The van der Waals surface area contributed by atoms with Crippen molar-refractivity contribution in [2.75, 3.05) is 5.73 Å². The van der Waals surface area contributed by atoms with Gasteiger partial charge in [0.15, 0.2) is 0 Å². The summed E-state index contributed by atoms with van der Waals surface area (Å²) in [6.07, 6.45) is 0. The molecule has 0 atom stereocenters. The number of rotatable bonds is 1. The van der Waals surface area contributed by atoms with Gasteiger partial charge in [0.05, 0.1) is 5.69 Å². The maximum Gasteiger partial charge on any atom is 0.145 e. The molecule has 72 valence electrons. The van der Waals surface area contributed by atoms with Gasteiger partial charge in [-0.15, -0.1) is 0 Å². The van der Waals surface area contributed by atoms with Crippen LogP contribution in [0.4, 0.5) is 14.6 Å². The summed E-state index contributed by atoms with van der Waals surface area (Å²) in [4.78, 5) is 0.